The summed E-state index contributed by atoms with van der Waals surface area (Å²) < 4.78 is 8.07. The summed E-state index contributed by atoms with van der Waals surface area (Å²) >= 11 is 0. The highest BCUT2D eigenvalue weighted by Gasteiger charge is 2.48. The second kappa shape index (κ2) is 13.6. The first kappa shape index (κ1) is 34.3. The van der Waals surface area contributed by atoms with Crippen LogP contribution in [0.15, 0.2) is 79.1 Å². The Labute approximate surface area is 322 Å². The van der Waals surface area contributed by atoms with E-state index in [0.29, 0.717) is 34.9 Å². The Bertz CT molecular complexity index is 2380. The monoisotopic (exact) mass is 751 g/mol. The molecule has 4 amide bonds. The van der Waals surface area contributed by atoms with Crippen molar-refractivity contribution >= 4 is 46.2 Å². The van der Waals surface area contributed by atoms with Gasteiger partial charge in [0.1, 0.15) is 35.4 Å². The van der Waals surface area contributed by atoms with Gasteiger partial charge in [-0.25, -0.2) is 14.6 Å². The van der Waals surface area contributed by atoms with E-state index in [1.54, 1.807) is 6.07 Å². The number of nitrogens with zero attached hydrogens (tertiary/aromatic N) is 7. The first-order chi connectivity index (χ1) is 27.3. The van der Waals surface area contributed by atoms with Gasteiger partial charge < -0.3 is 15.4 Å². The van der Waals surface area contributed by atoms with Gasteiger partial charge in [0.05, 0.1) is 22.6 Å². The van der Waals surface area contributed by atoms with Crippen LogP contribution in [0.1, 0.15) is 71.7 Å². The molecule has 284 valence electrons. The van der Waals surface area contributed by atoms with Gasteiger partial charge in [0.15, 0.2) is 5.65 Å². The molecule has 3 unspecified atom stereocenters. The van der Waals surface area contributed by atoms with Crippen molar-refractivity contribution in [2.45, 2.75) is 69.1 Å². The number of piperidine rings is 2. The molecule has 3 atom stereocenters. The maximum absolute atomic E-state index is 13.4. The van der Waals surface area contributed by atoms with Crippen molar-refractivity contribution in [3.05, 3.63) is 90.3 Å². The number of para-hydroxylation sites is 1. The second-order valence-corrected chi connectivity index (χ2v) is 15.7. The summed E-state index contributed by atoms with van der Waals surface area (Å²) in [5.41, 5.74) is 10.5. The Morgan fingerprint density at radius 2 is 1.52 bits per heavy atom. The van der Waals surface area contributed by atoms with Gasteiger partial charge in [-0.05, 0) is 99.0 Å². The summed E-state index contributed by atoms with van der Waals surface area (Å²) in [6.07, 6.45) is 7.03. The van der Waals surface area contributed by atoms with Crippen molar-refractivity contribution < 1.29 is 23.9 Å². The van der Waals surface area contributed by atoms with Crippen molar-refractivity contribution in [2.75, 3.05) is 30.3 Å². The minimum Gasteiger partial charge on any atom is -0.457 e. The minimum absolute atomic E-state index is 0.0973. The van der Waals surface area contributed by atoms with Crippen LogP contribution >= 0.6 is 0 Å². The molecular formula is C42H41N9O5. The van der Waals surface area contributed by atoms with E-state index in [4.69, 9.17) is 15.6 Å². The molecule has 14 heteroatoms. The van der Waals surface area contributed by atoms with Gasteiger partial charge in [0.2, 0.25) is 11.8 Å². The number of amides is 4. The fraction of sp³-hybridized carbons (Fsp3) is 0.357. The summed E-state index contributed by atoms with van der Waals surface area (Å²) in [5, 5.41) is 8.15. The molecule has 3 N–H and O–H groups in total. The molecule has 3 aromatic carbocycles. The number of anilines is 2. The Balaban J connectivity index is 0.775. The first-order valence-electron chi connectivity index (χ1n) is 19.5. The van der Waals surface area contributed by atoms with Gasteiger partial charge in [-0.2, -0.15) is 5.10 Å². The number of fused-ring (bicyclic) bond motifs is 4. The van der Waals surface area contributed by atoms with Gasteiger partial charge in [0.25, 0.3) is 11.8 Å². The van der Waals surface area contributed by atoms with E-state index in [-0.39, 0.29) is 24.8 Å². The lowest BCUT2D eigenvalue weighted by molar-refractivity contribution is -0.136. The smallest absolute Gasteiger partial charge is 0.262 e. The highest BCUT2D eigenvalue weighted by atomic mass is 16.5. The molecule has 5 fully saturated rings. The van der Waals surface area contributed by atoms with Crippen molar-refractivity contribution in [3.8, 4) is 22.8 Å². The fourth-order valence-corrected chi connectivity index (χ4v) is 9.58. The highest BCUT2D eigenvalue weighted by Crippen LogP contribution is 2.42. The number of aromatic nitrogens is 4. The maximum atomic E-state index is 13.4. The summed E-state index contributed by atoms with van der Waals surface area (Å²) in [6.45, 7) is 2.94. The van der Waals surface area contributed by atoms with Gasteiger partial charge in [0, 0.05) is 49.4 Å². The van der Waals surface area contributed by atoms with E-state index in [1.807, 2.05) is 66.7 Å². The Morgan fingerprint density at radius 1 is 0.786 bits per heavy atom. The third-order valence-corrected chi connectivity index (χ3v) is 12.3. The van der Waals surface area contributed by atoms with Crippen LogP contribution in [-0.2, 0) is 9.59 Å². The van der Waals surface area contributed by atoms with Gasteiger partial charge in [-0.3, -0.25) is 34.3 Å². The number of nitrogens with two attached hydrogens (primary N) is 1. The Kier molecular flexibility index (Phi) is 8.31. The van der Waals surface area contributed by atoms with E-state index in [0.717, 1.165) is 96.1 Å². The Morgan fingerprint density at radius 3 is 2.27 bits per heavy atom. The zero-order valence-electron chi connectivity index (χ0n) is 30.7. The SMILES string of the molecule is Nc1ncnc2c1c(-c1ccc(Oc3ccccc3)cc1)nn2C1CCC(CN2CC3CC(C2)N3c2ccc3c(c2)C(=O)N(C2CCC(=O)NC2=O)C3=O)CC1. The molecule has 5 aromatic rings. The van der Waals surface area contributed by atoms with Gasteiger partial charge >= 0.3 is 0 Å². The van der Waals surface area contributed by atoms with E-state index >= 15 is 0 Å². The molecule has 2 bridgehead atoms. The van der Waals surface area contributed by atoms with Crippen LogP contribution in [0.2, 0.25) is 0 Å². The lowest BCUT2D eigenvalue weighted by Gasteiger charge is -2.58. The molecule has 0 radical (unpaired) electrons. The van der Waals surface area contributed by atoms with Crippen molar-refractivity contribution in [3.63, 3.8) is 0 Å². The number of carbonyl (C=O) groups is 4. The average molecular weight is 752 g/mol. The van der Waals surface area contributed by atoms with Crippen molar-refractivity contribution in [1.82, 2.24) is 34.9 Å². The van der Waals surface area contributed by atoms with E-state index in [1.165, 1.54) is 6.33 Å². The molecule has 56 heavy (non-hydrogen) atoms. The molecule has 11 rings (SSSR count). The van der Waals surface area contributed by atoms with E-state index < -0.39 is 23.8 Å². The number of nitrogens with one attached hydrogen (secondary N) is 1. The molecule has 5 aliphatic heterocycles. The third kappa shape index (κ3) is 5.86. The lowest BCUT2D eigenvalue weighted by atomic mass is 9.83. The van der Waals surface area contributed by atoms with Crippen LogP contribution in [0.5, 0.6) is 11.5 Å². The summed E-state index contributed by atoms with van der Waals surface area (Å²) in [4.78, 5) is 65.8. The van der Waals surface area contributed by atoms with Crippen molar-refractivity contribution in [1.29, 1.82) is 0 Å². The summed E-state index contributed by atoms with van der Waals surface area (Å²) in [6, 6.07) is 22.9. The van der Waals surface area contributed by atoms with Crippen LogP contribution < -0.4 is 20.7 Å². The maximum Gasteiger partial charge on any atom is 0.262 e. The first-order valence-corrected chi connectivity index (χ1v) is 19.5. The van der Waals surface area contributed by atoms with Gasteiger partial charge in [-0.15, -0.1) is 0 Å². The van der Waals surface area contributed by atoms with Crippen LogP contribution in [0, 0.1) is 5.92 Å². The van der Waals surface area contributed by atoms with Crippen LogP contribution in [0.25, 0.3) is 22.3 Å². The zero-order chi connectivity index (χ0) is 38.1. The topological polar surface area (TPSA) is 169 Å². The second-order valence-electron chi connectivity index (χ2n) is 15.7. The largest absolute Gasteiger partial charge is 0.457 e. The molecule has 0 spiro atoms. The number of nitrogen functional groups attached to an aromatic ring is 1. The van der Waals surface area contributed by atoms with Crippen molar-refractivity contribution in [2.24, 2.45) is 5.92 Å². The summed E-state index contributed by atoms with van der Waals surface area (Å²) in [7, 11) is 0. The van der Waals surface area contributed by atoms with Gasteiger partial charge in [-0.1, -0.05) is 18.2 Å². The van der Waals surface area contributed by atoms with E-state index in [9.17, 15) is 19.2 Å². The number of hydrogen-bond acceptors (Lipinski definition) is 11. The Hall–Kier alpha value is -6.15. The highest BCUT2D eigenvalue weighted by molar-refractivity contribution is 6.23. The third-order valence-electron chi connectivity index (χ3n) is 12.3. The lowest BCUT2D eigenvalue weighted by Crippen LogP contribution is -2.69. The predicted octanol–water partition coefficient (Wildman–Crippen LogP) is 4.96. The number of carbonyl (C=O) groups excluding carboxylic acids is 4. The van der Waals surface area contributed by atoms with Crippen LogP contribution in [0.4, 0.5) is 11.5 Å². The quantitative estimate of drug-likeness (QED) is 0.206. The number of ether oxygens (including phenoxy) is 1. The normalized spacial score (nSPS) is 25.0. The number of benzene rings is 3. The molecule has 4 saturated heterocycles. The van der Waals surface area contributed by atoms with E-state index in [2.05, 4.69) is 29.8 Å². The zero-order valence-corrected chi connectivity index (χ0v) is 30.7. The number of piperazine rings is 1. The summed E-state index contributed by atoms with van der Waals surface area (Å²) in [5.74, 6) is 0.582. The standard InChI is InChI=1S/C42H41N9O5/c43-38-36-37(25-8-13-31(14-9-25)56-30-4-2-1-3-5-30)47-51(39(36)45-23-44-38)26-10-6-24(7-11-26)20-48-21-28-18-29(22-48)49(28)27-12-15-32-33(19-27)42(55)50(41(32)54)34-16-17-35(52)46-40(34)53/h1-5,8-9,12-15,19,23-24,26,28-29,34H,6-7,10-11,16-18,20-22H2,(H2,43,44,45)(H,46,52,53). The van der Waals surface area contributed by atoms with Crippen LogP contribution in [0.3, 0.4) is 0 Å². The molecule has 1 aliphatic carbocycles. The number of rotatable bonds is 8. The average Bonchev–Trinajstić information content (AvgIpc) is 3.71. The molecule has 2 aromatic heterocycles. The fourth-order valence-electron chi connectivity index (χ4n) is 9.58. The molecule has 1 saturated carbocycles. The molecule has 6 aliphatic rings. The van der Waals surface area contributed by atoms with Crippen LogP contribution in [-0.4, -0.2) is 90.9 Å². The number of hydrogen-bond donors (Lipinski definition) is 2. The minimum atomic E-state index is -0.968. The number of imide groups is 2. The molecule has 7 heterocycles. The molecular weight excluding hydrogens is 711 g/mol. The molecule has 14 nitrogen and oxygen atoms in total. The predicted molar refractivity (Wildman–Crippen MR) is 207 cm³/mol.